The van der Waals surface area contributed by atoms with Crippen LogP contribution in [0.3, 0.4) is 0 Å². The maximum Gasteiger partial charge on any atom is 0.194 e. The first kappa shape index (κ1) is 14.4. The van der Waals surface area contributed by atoms with Gasteiger partial charge in [0.15, 0.2) is 5.96 Å². The molecule has 21 heavy (non-hydrogen) atoms. The lowest BCUT2D eigenvalue weighted by molar-refractivity contribution is 0.188. The average Bonchev–Trinajstić information content (AvgIpc) is 2.94. The normalized spacial score (nSPS) is 33.1. The van der Waals surface area contributed by atoms with Crippen LogP contribution in [0, 0.1) is 11.8 Å². The standard InChI is InChI=1S/C16H27N5/c1-4-18-16(19-14-9-13(14)3)20-7-5-12(2)15(10-20)21-8-6-17-11-21/h6,8,11-15H,4-5,7,9-10H2,1-3H3,(H,18,19). The molecule has 116 valence electrons. The zero-order valence-electron chi connectivity index (χ0n) is 13.4. The summed E-state index contributed by atoms with van der Waals surface area (Å²) in [4.78, 5) is 11.3. The number of likely N-dealkylation sites (tertiary alicyclic amines) is 1. The van der Waals surface area contributed by atoms with Crippen molar-refractivity contribution in [1.82, 2.24) is 19.8 Å². The minimum atomic E-state index is 0.488. The van der Waals surface area contributed by atoms with E-state index >= 15 is 0 Å². The van der Waals surface area contributed by atoms with Gasteiger partial charge in [0.25, 0.3) is 0 Å². The molecule has 1 aliphatic heterocycles. The van der Waals surface area contributed by atoms with Crippen LogP contribution in [0.5, 0.6) is 0 Å². The van der Waals surface area contributed by atoms with E-state index in [9.17, 15) is 0 Å². The van der Waals surface area contributed by atoms with E-state index in [1.54, 1.807) is 0 Å². The second-order valence-corrected chi connectivity index (χ2v) is 6.55. The first-order chi connectivity index (χ1) is 10.2. The first-order valence-electron chi connectivity index (χ1n) is 8.22. The summed E-state index contributed by atoms with van der Waals surface area (Å²) in [6.07, 6.45) is 8.37. The van der Waals surface area contributed by atoms with Gasteiger partial charge in [-0.3, -0.25) is 4.99 Å². The van der Waals surface area contributed by atoms with E-state index in [0.717, 1.165) is 31.5 Å². The highest BCUT2D eigenvalue weighted by molar-refractivity contribution is 5.80. The summed E-state index contributed by atoms with van der Waals surface area (Å²) in [7, 11) is 0. The minimum Gasteiger partial charge on any atom is -0.353 e. The Balaban J connectivity index is 1.70. The van der Waals surface area contributed by atoms with Crippen molar-refractivity contribution >= 4 is 5.96 Å². The topological polar surface area (TPSA) is 45.5 Å². The van der Waals surface area contributed by atoms with Gasteiger partial charge < -0.3 is 14.8 Å². The van der Waals surface area contributed by atoms with Crippen molar-refractivity contribution in [3.63, 3.8) is 0 Å². The maximum absolute atomic E-state index is 4.71. The quantitative estimate of drug-likeness (QED) is 0.685. The summed E-state index contributed by atoms with van der Waals surface area (Å²) in [6.45, 7) is 9.70. The zero-order valence-corrected chi connectivity index (χ0v) is 13.4. The molecule has 0 radical (unpaired) electrons. The maximum atomic E-state index is 4.71. The van der Waals surface area contributed by atoms with Crippen LogP contribution in [0.1, 0.15) is 39.7 Å². The third-order valence-corrected chi connectivity index (χ3v) is 4.86. The molecule has 1 aromatic heterocycles. The lowest BCUT2D eigenvalue weighted by Gasteiger charge is -2.39. The van der Waals surface area contributed by atoms with Crippen molar-refractivity contribution in [2.75, 3.05) is 19.6 Å². The van der Waals surface area contributed by atoms with Gasteiger partial charge in [-0.2, -0.15) is 0 Å². The Kier molecular flexibility index (Phi) is 4.17. The SMILES string of the molecule is CCN=C(NC1CC1C)N1CCC(C)C(n2ccnc2)C1. The van der Waals surface area contributed by atoms with E-state index in [-0.39, 0.29) is 0 Å². The van der Waals surface area contributed by atoms with Crippen LogP contribution in [0.4, 0.5) is 0 Å². The number of hydrogen-bond acceptors (Lipinski definition) is 2. The minimum absolute atomic E-state index is 0.488. The van der Waals surface area contributed by atoms with Gasteiger partial charge in [-0.15, -0.1) is 0 Å². The Bertz CT molecular complexity index is 481. The summed E-state index contributed by atoms with van der Waals surface area (Å²) < 4.78 is 2.25. The highest BCUT2D eigenvalue weighted by Gasteiger charge is 2.36. The van der Waals surface area contributed by atoms with Gasteiger partial charge in [-0.05, 0) is 31.6 Å². The zero-order chi connectivity index (χ0) is 14.8. The van der Waals surface area contributed by atoms with Gasteiger partial charge in [-0.1, -0.05) is 13.8 Å². The summed E-state index contributed by atoms with van der Waals surface area (Å²) >= 11 is 0. The molecule has 0 aromatic carbocycles. The van der Waals surface area contributed by atoms with E-state index < -0.39 is 0 Å². The molecule has 0 spiro atoms. The predicted molar refractivity (Wildman–Crippen MR) is 85.3 cm³/mol. The van der Waals surface area contributed by atoms with E-state index in [4.69, 9.17) is 4.99 Å². The van der Waals surface area contributed by atoms with Crippen LogP contribution < -0.4 is 5.32 Å². The third kappa shape index (κ3) is 3.22. The van der Waals surface area contributed by atoms with Crippen LogP contribution in [-0.4, -0.2) is 46.1 Å². The number of imidazole rings is 1. The highest BCUT2D eigenvalue weighted by atomic mass is 15.3. The molecule has 1 N–H and O–H groups in total. The van der Waals surface area contributed by atoms with Crippen LogP contribution in [-0.2, 0) is 0 Å². The van der Waals surface area contributed by atoms with Crippen LogP contribution in [0.2, 0.25) is 0 Å². The van der Waals surface area contributed by atoms with Gasteiger partial charge in [-0.25, -0.2) is 4.98 Å². The van der Waals surface area contributed by atoms with Crippen molar-refractivity contribution in [2.24, 2.45) is 16.8 Å². The molecule has 5 nitrogen and oxygen atoms in total. The largest absolute Gasteiger partial charge is 0.353 e. The lowest BCUT2D eigenvalue weighted by atomic mass is 9.93. The number of guanidine groups is 1. The Morgan fingerprint density at radius 3 is 2.81 bits per heavy atom. The predicted octanol–water partition coefficient (Wildman–Crippen LogP) is 2.14. The fraction of sp³-hybridized carbons (Fsp3) is 0.750. The molecule has 4 atom stereocenters. The van der Waals surface area contributed by atoms with Gasteiger partial charge >= 0.3 is 0 Å². The Morgan fingerprint density at radius 1 is 1.38 bits per heavy atom. The Morgan fingerprint density at radius 2 is 2.19 bits per heavy atom. The number of nitrogens with one attached hydrogen (secondary N) is 1. The monoisotopic (exact) mass is 289 g/mol. The number of piperidine rings is 1. The third-order valence-electron chi connectivity index (χ3n) is 4.86. The summed E-state index contributed by atoms with van der Waals surface area (Å²) in [5, 5.41) is 3.64. The summed E-state index contributed by atoms with van der Waals surface area (Å²) in [5.74, 6) is 2.57. The number of aromatic nitrogens is 2. The van der Waals surface area contributed by atoms with E-state index in [1.807, 2.05) is 12.5 Å². The van der Waals surface area contributed by atoms with Crippen molar-refractivity contribution in [2.45, 2.75) is 45.7 Å². The molecule has 0 amide bonds. The van der Waals surface area contributed by atoms with E-state index in [0.29, 0.717) is 18.0 Å². The van der Waals surface area contributed by atoms with Crippen LogP contribution >= 0.6 is 0 Å². The molecule has 2 heterocycles. The van der Waals surface area contributed by atoms with E-state index in [1.165, 1.54) is 12.8 Å². The number of hydrogen-bond donors (Lipinski definition) is 1. The molecular weight excluding hydrogens is 262 g/mol. The van der Waals surface area contributed by atoms with Crippen LogP contribution in [0.15, 0.2) is 23.7 Å². The summed E-state index contributed by atoms with van der Waals surface area (Å²) in [6, 6.07) is 1.11. The lowest BCUT2D eigenvalue weighted by Crippen LogP contribution is -2.49. The number of rotatable bonds is 3. The molecule has 5 heteroatoms. The molecule has 1 saturated carbocycles. The summed E-state index contributed by atoms with van der Waals surface area (Å²) in [5.41, 5.74) is 0. The molecule has 3 rings (SSSR count). The van der Waals surface area contributed by atoms with Gasteiger partial charge in [0.2, 0.25) is 0 Å². The first-order valence-corrected chi connectivity index (χ1v) is 8.22. The Labute approximate surface area is 127 Å². The number of aliphatic imine (C=N–C) groups is 1. The van der Waals surface area contributed by atoms with Gasteiger partial charge in [0.05, 0.1) is 12.4 Å². The second-order valence-electron chi connectivity index (χ2n) is 6.55. The molecule has 1 saturated heterocycles. The average molecular weight is 289 g/mol. The van der Waals surface area contributed by atoms with Crippen molar-refractivity contribution < 1.29 is 0 Å². The number of nitrogens with zero attached hydrogens (tertiary/aromatic N) is 4. The van der Waals surface area contributed by atoms with E-state index in [2.05, 4.69) is 46.7 Å². The highest BCUT2D eigenvalue weighted by Crippen LogP contribution is 2.31. The van der Waals surface area contributed by atoms with Gasteiger partial charge in [0.1, 0.15) is 0 Å². The molecule has 1 aromatic rings. The fourth-order valence-electron chi connectivity index (χ4n) is 3.17. The molecule has 2 fully saturated rings. The van der Waals surface area contributed by atoms with Crippen molar-refractivity contribution in [3.05, 3.63) is 18.7 Å². The fourth-order valence-corrected chi connectivity index (χ4v) is 3.17. The van der Waals surface area contributed by atoms with Crippen molar-refractivity contribution in [1.29, 1.82) is 0 Å². The van der Waals surface area contributed by atoms with Gasteiger partial charge in [0, 0.05) is 38.1 Å². The van der Waals surface area contributed by atoms with Crippen molar-refractivity contribution in [3.8, 4) is 0 Å². The smallest absolute Gasteiger partial charge is 0.194 e. The molecule has 1 aliphatic carbocycles. The molecular formula is C16H27N5. The molecule has 0 bridgehead atoms. The Hall–Kier alpha value is -1.52. The van der Waals surface area contributed by atoms with Crippen LogP contribution in [0.25, 0.3) is 0 Å². The second kappa shape index (κ2) is 6.08. The molecule has 4 unspecified atom stereocenters. The molecule has 2 aliphatic rings.